The minimum atomic E-state index is -0.460. The molecule has 2 aromatic heterocycles. The number of aromatic amines is 1. The van der Waals surface area contributed by atoms with Gasteiger partial charge < -0.3 is 14.2 Å². The Morgan fingerprint density at radius 2 is 2.00 bits per heavy atom. The van der Waals surface area contributed by atoms with Gasteiger partial charge in [-0.25, -0.2) is 0 Å². The Balaban J connectivity index is 1.68. The van der Waals surface area contributed by atoms with Gasteiger partial charge in [0, 0.05) is 30.8 Å². The average Bonchev–Trinajstić information content (AvgIpc) is 3.29. The smallest absolute Gasteiger partial charge is 0.316 e. The number of H-pyrrole nitrogens is 1. The van der Waals surface area contributed by atoms with Crippen molar-refractivity contribution in [3.8, 4) is 22.9 Å². The van der Waals surface area contributed by atoms with Crippen LogP contribution >= 0.6 is 0 Å². The van der Waals surface area contributed by atoms with Gasteiger partial charge in [-0.1, -0.05) is 0 Å². The molecule has 1 aliphatic heterocycles. The van der Waals surface area contributed by atoms with Gasteiger partial charge in [-0.05, 0) is 17.7 Å². The molecule has 146 valence electrons. The van der Waals surface area contributed by atoms with E-state index in [1.165, 1.54) is 10.9 Å². The lowest BCUT2D eigenvalue weighted by atomic mass is 9.98. The van der Waals surface area contributed by atoms with Gasteiger partial charge in [0.1, 0.15) is 23.4 Å². The maximum atomic E-state index is 11.3. The third-order valence-electron chi connectivity index (χ3n) is 4.86. The van der Waals surface area contributed by atoms with Crippen LogP contribution < -0.4 is 9.47 Å². The second-order valence-corrected chi connectivity index (χ2v) is 6.44. The number of ether oxygens (including phenoxy) is 3. The molecule has 0 fully saturated rings. The largest absolute Gasteiger partial charge is 0.497 e. The molecule has 1 aliphatic rings. The van der Waals surface area contributed by atoms with Crippen LogP contribution in [0.5, 0.6) is 11.5 Å². The highest BCUT2D eigenvalue weighted by Crippen LogP contribution is 2.38. The number of methoxy groups -OCH3 is 2. The fourth-order valence-electron chi connectivity index (χ4n) is 3.41. The summed E-state index contributed by atoms with van der Waals surface area (Å²) >= 11 is 0. The summed E-state index contributed by atoms with van der Waals surface area (Å²) in [5, 5.41) is 22.6. The lowest BCUT2D eigenvalue weighted by Crippen LogP contribution is -2.16. The maximum absolute atomic E-state index is 11.3. The monoisotopic (exact) mass is 385 g/mol. The molecule has 28 heavy (non-hydrogen) atoms. The summed E-state index contributed by atoms with van der Waals surface area (Å²) in [6.45, 7) is 0.272. The number of hydrogen-bond donors (Lipinski definition) is 1. The molecule has 10 heteroatoms. The van der Waals surface area contributed by atoms with E-state index in [0.717, 1.165) is 16.8 Å². The van der Waals surface area contributed by atoms with E-state index in [1.54, 1.807) is 27.3 Å². The summed E-state index contributed by atoms with van der Waals surface area (Å²) in [6, 6.07) is 5.61. The van der Waals surface area contributed by atoms with E-state index < -0.39 is 4.92 Å². The fourth-order valence-corrected chi connectivity index (χ4v) is 3.41. The summed E-state index contributed by atoms with van der Waals surface area (Å²) in [5.41, 5.74) is 3.36. The van der Waals surface area contributed by atoms with Gasteiger partial charge in [-0.3, -0.25) is 19.9 Å². The van der Waals surface area contributed by atoms with E-state index in [-0.39, 0.29) is 18.4 Å². The highest BCUT2D eigenvalue weighted by Gasteiger charge is 2.31. The topological polar surface area (TPSA) is 117 Å². The lowest BCUT2D eigenvalue weighted by molar-refractivity contribution is -0.384. The molecule has 0 aliphatic carbocycles. The van der Waals surface area contributed by atoms with Crippen molar-refractivity contribution in [1.82, 2.24) is 20.0 Å². The predicted molar refractivity (Wildman–Crippen MR) is 98.2 cm³/mol. The average molecular weight is 385 g/mol. The Kier molecular flexibility index (Phi) is 4.47. The van der Waals surface area contributed by atoms with Gasteiger partial charge in [-0.15, -0.1) is 0 Å². The van der Waals surface area contributed by atoms with Crippen LogP contribution in [0.15, 0.2) is 24.4 Å². The maximum Gasteiger partial charge on any atom is 0.316 e. The number of aryl methyl sites for hydroxylation is 1. The van der Waals surface area contributed by atoms with Gasteiger partial charge in [-0.2, -0.15) is 10.2 Å². The van der Waals surface area contributed by atoms with Crippen LogP contribution in [0.3, 0.4) is 0 Å². The molecule has 0 amide bonds. The second-order valence-electron chi connectivity index (χ2n) is 6.44. The minimum Gasteiger partial charge on any atom is -0.497 e. The van der Waals surface area contributed by atoms with Crippen molar-refractivity contribution >= 4 is 5.69 Å². The Labute approximate surface area is 160 Å². The number of nitrogens with zero attached hydrogens (tertiary/aromatic N) is 4. The second kappa shape index (κ2) is 6.97. The van der Waals surface area contributed by atoms with Crippen LogP contribution in [0.25, 0.3) is 11.4 Å². The first-order chi connectivity index (χ1) is 13.5. The summed E-state index contributed by atoms with van der Waals surface area (Å²) in [4.78, 5) is 10.9. The zero-order valence-electron chi connectivity index (χ0n) is 15.6. The van der Waals surface area contributed by atoms with Gasteiger partial charge in [0.25, 0.3) is 0 Å². The van der Waals surface area contributed by atoms with Crippen molar-refractivity contribution in [1.29, 1.82) is 0 Å². The minimum absolute atomic E-state index is 0.0866. The summed E-state index contributed by atoms with van der Waals surface area (Å²) in [7, 11) is 4.85. The summed E-state index contributed by atoms with van der Waals surface area (Å²) < 4.78 is 18.2. The molecule has 1 N–H and O–H groups in total. The molecule has 10 nitrogen and oxygen atoms in total. The standard InChI is InChI=1S/C18H19N5O5/c1-22-18(15(8-19-22)23(24)25)17-13-9-28-16(7-14(13)20-21-17)10-4-11(26-2)6-12(5-10)27-3/h4-6,8,16H,7,9H2,1-3H3,(H,20,21). The van der Waals surface area contributed by atoms with Crippen LogP contribution in [-0.2, 0) is 24.8 Å². The first-order valence-electron chi connectivity index (χ1n) is 8.59. The molecule has 3 aromatic rings. The molecule has 0 saturated carbocycles. The number of nitro groups is 1. The van der Waals surface area contributed by atoms with Gasteiger partial charge in [0.2, 0.25) is 0 Å². The van der Waals surface area contributed by atoms with E-state index in [4.69, 9.17) is 14.2 Å². The van der Waals surface area contributed by atoms with Gasteiger partial charge in [0.05, 0.1) is 31.9 Å². The number of benzene rings is 1. The number of rotatable bonds is 5. The van der Waals surface area contributed by atoms with Crippen LogP contribution in [0, 0.1) is 10.1 Å². The van der Waals surface area contributed by atoms with Crippen molar-refractivity contribution in [2.24, 2.45) is 7.05 Å². The molecule has 1 atom stereocenters. The number of fused-ring (bicyclic) bond motifs is 1. The molecule has 0 radical (unpaired) electrons. The Hall–Kier alpha value is -3.40. The van der Waals surface area contributed by atoms with Gasteiger partial charge in [0.15, 0.2) is 5.69 Å². The zero-order chi connectivity index (χ0) is 19.8. The molecule has 4 rings (SSSR count). The SMILES string of the molecule is COc1cc(OC)cc(C2Cc3[nH]nc(-c4c([N+](=O)[O-])cnn4C)c3CO2)c1. The third-order valence-corrected chi connectivity index (χ3v) is 4.86. The molecule has 0 bridgehead atoms. The highest BCUT2D eigenvalue weighted by molar-refractivity contribution is 5.70. The first-order valence-corrected chi connectivity index (χ1v) is 8.59. The Morgan fingerprint density at radius 3 is 2.64 bits per heavy atom. The first kappa shape index (κ1) is 18.0. The van der Waals surface area contributed by atoms with E-state index >= 15 is 0 Å². The van der Waals surface area contributed by atoms with Gasteiger partial charge >= 0.3 is 5.69 Å². The molecule has 1 aromatic carbocycles. The van der Waals surface area contributed by atoms with Crippen LogP contribution in [0.4, 0.5) is 5.69 Å². The number of aromatic nitrogens is 4. The molecular formula is C18H19N5O5. The highest BCUT2D eigenvalue weighted by atomic mass is 16.6. The Morgan fingerprint density at radius 1 is 1.29 bits per heavy atom. The van der Waals surface area contributed by atoms with Crippen molar-refractivity contribution in [2.75, 3.05) is 14.2 Å². The third kappa shape index (κ3) is 2.97. The lowest BCUT2D eigenvalue weighted by Gasteiger charge is -2.24. The molecule has 1 unspecified atom stereocenters. The quantitative estimate of drug-likeness (QED) is 0.530. The predicted octanol–water partition coefficient (Wildman–Crippen LogP) is 2.55. The van der Waals surface area contributed by atoms with Crippen LogP contribution in [0.2, 0.25) is 0 Å². The molecule has 3 heterocycles. The Bertz CT molecular complexity index is 1020. The van der Waals surface area contributed by atoms with E-state index in [1.807, 2.05) is 12.1 Å². The number of nitrogens with one attached hydrogen (secondary N) is 1. The molecular weight excluding hydrogens is 366 g/mol. The normalized spacial score (nSPS) is 15.9. The number of hydrogen-bond acceptors (Lipinski definition) is 7. The van der Waals surface area contributed by atoms with Crippen LogP contribution in [0.1, 0.15) is 22.9 Å². The molecule has 0 spiro atoms. The summed E-state index contributed by atoms with van der Waals surface area (Å²) in [5.74, 6) is 1.36. The van der Waals surface area contributed by atoms with E-state index in [0.29, 0.717) is 29.3 Å². The van der Waals surface area contributed by atoms with E-state index in [9.17, 15) is 10.1 Å². The molecule has 0 saturated heterocycles. The van der Waals surface area contributed by atoms with Crippen molar-refractivity contribution in [2.45, 2.75) is 19.1 Å². The summed E-state index contributed by atoms with van der Waals surface area (Å²) in [6.07, 6.45) is 1.56. The van der Waals surface area contributed by atoms with Crippen molar-refractivity contribution in [3.05, 3.63) is 51.3 Å². The van der Waals surface area contributed by atoms with Crippen LogP contribution in [-0.4, -0.2) is 39.1 Å². The van der Waals surface area contributed by atoms with Crippen molar-refractivity contribution in [3.63, 3.8) is 0 Å². The van der Waals surface area contributed by atoms with E-state index in [2.05, 4.69) is 15.3 Å². The fraction of sp³-hybridized carbons (Fsp3) is 0.333. The zero-order valence-corrected chi connectivity index (χ0v) is 15.6. The van der Waals surface area contributed by atoms with Crippen molar-refractivity contribution < 1.29 is 19.1 Å².